The number of nitrogens with one attached hydrogen (secondary N) is 1. The first-order valence-corrected chi connectivity index (χ1v) is 4.05. The minimum Gasteiger partial charge on any atom is -0.263 e. The maximum Gasteiger partial charge on any atom is 0.0228 e. The van der Waals surface area contributed by atoms with Crippen molar-refractivity contribution in [2.45, 2.75) is 11.8 Å². The van der Waals surface area contributed by atoms with E-state index in [0.717, 1.165) is 0 Å². The molecule has 2 heteroatoms. The lowest BCUT2D eigenvalue weighted by Gasteiger charge is -1.97. The molecule has 0 aliphatic heterocycles. The number of rotatable bonds is 2. The van der Waals surface area contributed by atoms with E-state index in [1.54, 1.807) is 11.9 Å². The fraction of sp³-hybridized carbons (Fsp3) is 0.250. The van der Waals surface area contributed by atoms with Crippen molar-refractivity contribution < 1.29 is 0 Å². The van der Waals surface area contributed by atoms with Crippen molar-refractivity contribution in [3.8, 4) is 0 Å². The fourth-order valence-corrected chi connectivity index (χ4v) is 1.23. The molecule has 0 aliphatic rings. The molecule has 0 saturated heterocycles. The fourth-order valence-electron chi connectivity index (χ4n) is 0.724. The summed E-state index contributed by atoms with van der Waals surface area (Å²) in [5, 5.41) is 0. The molecular weight excluding hydrogens is 142 g/mol. The zero-order chi connectivity index (χ0) is 7.40. The second-order valence-corrected chi connectivity index (χ2v) is 3.20. The third-order valence-electron chi connectivity index (χ3n) is 1.24. The third kappa shape index (κ3) is 2.05. The summed E-state index contributed by atoms with van der Waals surface area (Å²) in [7, 11) is 1.92. The van der Waals surface area contributed by atoms with Crippen LogP contribution in [0.4, 0.5) is 0 Å². The van der Waals surface area contributed by atoms with Crippen molar-refractivity contribution in [3.05, 3.63) is 29.8 Å². The summed E-state index contributed by atoms with van der Waals surface area (Å²) in [6, 6.07) is 8.44. The highest BCUT2D eigenvalue weighted by Crippen LogP contribution is 2.13. The summed E-state index contributed by atoms with van der Waals surface area (Å²) in [6.45, 7) is 2.09. The Labute approximate surface area is 66.0 Å². The molecule has 1 aromatic carbocycles. The normalized spacial score (nSPS) is 9.80. The van der Waals surface area contributed by atoms with Crippen LogP contribution in [0.1, 0.15) is 5.56 Å². The van der Waals surface area contributed by atoms with Crippen molar-refractivity contribution in [3.63, 3.8) is 0 Å². The van der Waals surface area contributed by atoms with Crippen molar-refractivity contribution in [2.24, 2.45) is 0 Å². The standard InChI is InChI=1S/C8H11NS/c1-7-3-5-8(6-4-7)10-9-2/h3-6,9H,1-2H3. The van der Waals surface area contributed by atoms with Crippen molar-refractivity contribution in [2.75, 3.05) is 7.05 Å². The second-order valence-electron chi connectivity index (χ2n) is 2.12. The van der Waals surface area contributed by atoms with E-state index in [4.69, 9.17) is 0 Å². The molecule has 0 saturated carbocycles. The van der Waals surface area contributed by atoms with E-state index in [1.165, 1.54) is 10.5 Å². The minimum atomic E-state index is 1.26. The van der Waals surface area contributed by atoms with Gasteiger partial charge in [0.25, 0.3) is 0 Å². The predicted octanol–water partition coefficient (Wildman–Crippen LogP) is 2.22. The van der Waals surface area contributed by atoms with E-state index in [9.17, 15) is 0 Å². The monoisotopic (exact) mass is 153 g/mol. The predicted molar refractivity (Wildman–Crippen MR) is 46.1 cm³/mol. The van der Waals surface area contributed by atoms with Gasteiger partial charge >= 0.3 is 0 Å². The molecule has 0 spiro atoms. The summed E-state index contributed by atoms with van der Waals surface area (Å²) >= 11 is 1.63. The summed E-state index contributed by atoms with van der Waals surface area (Å²) in [5.74, 6) is 0. The highest BCUT2D eigenvalue weighted by atomic mass is 32.2. The van der Waals surface area contributed by atoms with Gasteiger partial charge in [-0.25, -0.2) is 0 Å². The molecule has 0 bridgehead atoms. The SMILES string of the molecule is CNSc1ccc(C)cc1. The Balaban J connectivity index is 2.69. The van der Waals surface area contributed by atoms with E-state index >= 15 is 0 Å². The van der Waals surface area contributed by atoms with Crippen LogP contribution in [0.2, 0.25) is 0 Å². The van der Waals surface area contributed by atoms with Gasteiger partial charge in [-0.3, -0.25) is 4.72 Å². The zero-order valence-corrected chi connectivity index (χ0v) is 7.03. The molecule has 0 fully saturated rings. The van der Waals surface area contributed by atoms with Gasteiger partial charge in [-0.15, -0.1) is 0 Å². The molecule has 1 rings (SSSR count). The summed E-state index contributed by atoms with van der Waals surface area (Å²) in [5.41, 5.74) is 1.31. The Morgan fingerprint density at radius 1 is 1.20 bits per heavy atom. The quantitative estimate of drug-likeness (QED) is 0.654. The van der Waals surface area contributed by atoms with Crippen LogP contribution in [0.5, 0.6) is 0 Å². The highest BCUT2D eigenvalue weighted by molar-refractivity contribution is 7.97. The first kappa shape index (κ1) is 7.63. The van der Waals surface area contributed by atoms with Crippen LogP contribution in [0.25, 0.3) is 0 Å². The van der Waals surface area contributed by atoms with Crippen molar-refractivity contribution in [1.82, 2.24) is 4.72 Å². The summed E-state index contributed by atoms with van der Waals surface area (Å²) < 4.78 is 3.02. The number of aryl methyl sites for hydroxylation is 1. The average molecular weight is 153 g/mol. The molecule has 0 unspecified atom stereocenters. The number of hydrogen-bond acceptors (Lipinski definition) is 2. The Kier molecular flexibility index (Phi) is 2.78. The highest BCUT2D eigenvalue weighted by Gasteiger charge is 1.88. The van der Waals surface area contributed by atoms with E-state index in [0.29, 0.717) is 0 Å². The topological polar surface area (TPSA) is 12.0 Å². The molecule has 0 radical (unpaired) electrons. The Morgan fingerprint density at radius 3 is 2.30 bits per heavy atom. The zero-order valence-electron chi connectivity index (χ0n) is 6.22. The maximum atomic E-state index is 3.02. The third-order valence-corrected chi connectivity index (χ3v) is 1.95. The van der Waals surface area contributed by atoms with Crippen molar-refractivity contribution >= 4 is 11.9 Å². The van der Waals surface area contributed by atoms with E-state index in [-0.39, 0.29) is 0 Å². The molecule has 1 N–H and O–H groups in total. The van der Waals surface area contributed by atoms with Gasteiger partial charge in [0.2, 0.25) is 0 Å². The Hall–Kier alpha value is -0.470. The molecule has 0 aliphatic carbocycles. The molecule has 54 valence electrons. The van der Waals surface area contributed by atoms with Crippen LogP contribution >= 0.6 is 11.9 Å². The van der Waals surface area contributed by atoms with Crippen LogP contribution in [0.3, 0.4) is 0 Å². The molecule has 1 aromatic rings. The molecule has 0 aromatic heterocycles. The molecule has 0 amide bonds. The van der Waals surface area contributed by atoms with Crippen LogP contribution in [0.15, 0.2) is 29.2 Å². The first-order valence-electron chi connectivity index (χ1n) is 3.23. The lowest BCUT2D eigenvalue weighted by atomic mass is 10.2. The molecular formula is C8H11NS. The van der Waals surface area contributed by atoms with Gasteiger partial charge in [-0.2, -0.15) is 0 Å². The van der Waals surface area contributed by atoms with E-state index < -0.39 is 0 Å². The van der Waals surface area contributed by atoms with Gasteiger partial charge in [0, 0.05) is 4.90 Å². The molecule has 1 nitrogen and oxygen atoms in total. The second kappa shape index (κ2) is 3.64. The van der Waals surface area contributed by atoms with Gasteiger partial charge in [-0.1, -0.05) is 17.7 Å². The minimum absolute atomic E-state index is 1.26. The van der Waals surface area contributed by atoms with Crippen molar-refractivity contribution in [1.29, 1.82) is 0 Å². The molecule has 0 heterocycles. The number of hydrogen-bond donors (Lipinski definition) is 1. The summed E-state index contributed by atoms with van der Waals surface area (Å²) in [4.78, 5) is 1.26. The average Bonchev–Trinajstić information content (AvgIpc) is 1.95. The van der Waals surface area contributed by atoms with Crippen LogP contribution in [0, 0.1) is 6.92 Å². The Morgan fingerprint density at radius 2 is 1.80 bits per heavy atom. The molecule has 10 heavy (non-hydrogen) atoms. The van der Waals surface area contributed by atoms with Gasteiger partial charge in [0.05, 0.1) is 0 Å². The first-order chi connectivity index (χ1) is 4.83. The molecule has 0 atom stereocenters. The van der Waals surface area contributed by atoms with E-state index in [1.807, 2.05) is 7.05 Å². The number of benzene rings is 1. The largest absolute Gasteiger partial charge is 0.263 e. The Bertz CT molecular complexity index is 193. The van der Waals surface area contributed by atoms with Gasteiger partial charge < -0.3 is 0 Å². The summed E-state index contributed by atoms with van der Waals surface area (Å²) in [6.07, 6.45) is 0. The smallest absolute Gasteiger partial charge is 0.0228 e. The van der Waals surface area contributed by atoms with Crippen LogP contribution in [-0.4, -0.2) is 7.05 Å². The lowest BCUT2D eigenvalue weighted by Crippen LogP contribution is -1.89. The van der Waals surface area contributed by atoms with E-state index in [2.05, 4.69) is 35.9 Å². The van der Waals surface area contributed by atoms with Gasteiger partial charge in [0.15, 0.2) is 0 Å². The van der Waals surface area contributed by atoms with Crippen LogP contribution < -0.4 is 4.72 Å². The van der Waals surface area contributed by atoms with Gasteiger partial charge in [0.1, 0.15) is 0 Å². The maximum absolute atomic E-state index is 3.02. The van der Waals surface area contributed by atoms with Crippen LogP contribution in [-0.2, 0) is 0 Å². The lowest BCUT2D eigenvalue weighted by molar-refractivity contribution is 1.27. The van der Waals surface area contributed by atoms with Gasteiger partial charge in [-0.05, 0) is 38.1 Å².